The van der Waals surface area contributed by atoms with Gasteiger partial charge in [0, 0.05) is 5.92 Å². The van der Waals surface area contributed by atoms with Crippen molar-refractivity contribution in [1.82, 2.24) is 0 Å². The van der Waals surface area contributed by atoms with Gasteiger partial charge in [-0.3, -0.25) is 0 Å². The fraction of sp³-hybridized carbons (Fsp3) is 0.750. The van der Waals surface area contributed by atoms with E-state index in [1.54, 1.807) is 0 Å². The molecule has 0 aromatic carbocycles. The van der Waals surface area contributed by atoms with E-state index in [9.17, 15) is 5.11 Å². The van der Waals surface area contributed by atoms with Gasteiger partial charge in [0.15, 0.2) is 0 Å². The second-order valence-corrected chi connectivity index (χ2v) is 2.69. The zero-order valence-electron chi connectivity index (χ0n) is 5.88. The van der Waals surface area contributed by atoms with Crippen molar-refractivity contribution in [3.8, 4) is 0 Å². The van der Waals surface area contributed by atoms with Gasteiger partial charge in [0.05, 0.1) is 6.10 Å². The number of hydrogen-bond acceptors (Lipinski definition) is 1. The van der Waals surface area contributed by atoms with Crippen LogP contribution < -0.4 is 0 Å². The lowest BCUT2D eigenvalue weighted by atomic mass is 10.1. The summed E-state index contributed by atoms with van der Waals surface area (Å²) >= 11 is 0. The first-order valence-corrected chi connectivity index (χ1v) is 3.65. The highest BCUT2D eigenvalue weighted by atomic mass is 16.3. The van der Waals surface area contributed by atoms with Crippen LogP contribution in [0.4, 0.5) is 0 Å². The molecule has 0 bridgehead atoms. The van der Waals surface area contributed by atoms with E-state index in [1.165, 1.54) is 12.8 Å². The Kier molecular flexibility index (Phi) is 2.29. The average Bonchev–Trinajstić information content (AvgIpc) is 2.18. The van der Waals surface area contributed by atoms with E-state index in [1.807, 2.05) is 13.0 Å². The predicted molar refractivity (Wildman–Crippen MR) is 38.2 cm³/mol. The Morgan fingerprint density at radius 3 is 2.67 bits per heavy atom. The van der Waals surface area contributed by atoms with Gasteiger partial charge >= 0.3 is 0 Å². The van der Waals surface area contributed by atoms with Gasteiger partial charge in [-0.25, -0.2) is 0 Å². The van der Waals surface area contributed by atoms with Crippen LogP contribution >= 0.6 is 0 Å². The fourth-order valence-corrected chi connectivity index (χ4v) is 1.44. The van der Waals surface area contributed by atoms with E-state index in [0.717, 1.165) is 6.42 Å². The maximum absolute atomic E-state index is 9.27. The van der Waals surface area contributed by atoms with E-state index < -0.39 is 0 Å². The molecule has 52 valence electrons. The largest absolute Gasteiger partial charge is 0.393 e. The van der Waals surface area contributed by atoms with Crippen LogP contribution in [0.5, 0.6) is 0 Å². The highest BCUT2D eigenvalue weighted by Gasteiger charge is 2.21. The first-order chi connectivity index (χ1) is 4.34. The van der Waals surface area contributed by atoms with Gasteiger partial charge in [-0.1, -0.05) is 18.6 Å². The Bertz CT molecular complexity index is 107. The Morgan fingerprint density at radius 1 is 1.44 bits per heavy atom. The van der Waals surface area contributed by atoms with Crippen molar-refractivity contribution in [2.24, 2.45) is 5.92 Å². The van der Waals surface area contributed by atoms with Crippen LogP contribution in [0.3, 0.4) is 0 Å². The number of allylic oxidation sites excluding steroid dienone is 1. The number of hydrogen-bond donors (Lipinski definition) is 1. The summed E-state index contributed by atoms with van der Waals surface area (Å²) in [5.74, 6) is 0.454. The van der Waals surface area contributed by atoms with Crippen molar-refractivity contribution in [2.45, 2.75) is 32.3 Å². The topological polar surface area (TPSA) is 20.2 Å². The molecule has 0 unspecified atom stereocenters. The Labute approximate surface area is 56.4 Å². The lowest BCUT2D eigenvalue weighted by molar-refractivity contribution is 0.153. The molecule has 0 amide bonds. The van der Waals surface area contributed by atoms with Crippen molar-refractivity contribution < 1.29 is 5.11 Å². The summed E-state index contributed by atoms with van der Waals surface area (Å²) < 4.78 is 0. The molecular weight excluding hydrogens is 112 g/mol. The normalized spacial score (nSPS) is 36.2. The first kappa shape index (κ1) is 6.81. The molecule has 1 rings (SSSR count). The maximum Gasteiger partial charge on any atom is 0.0602 e. The van der Waals surface area contributed by atoms with Gasteiger partial charge in [0.1, 0.15) is 0 Å². The van der Waals surface area contributed by atoms with Gasteiger partial charge in [-0.15, -0.1) is 0 Å². The summed E-state index contributed by atoms with van der Waals surface area (Å²) in [6.45, 7) is 2.00. The standard InChI is InChI=1S/C8H14O/c1-2-4-7-5-3-6-8(7)9/h2,4,7-9H,3,5-6H2,1H3/t7-,8-/m1/s1. The van der Waals surface area contributed by atoms with Crippen LogP contribution in [0.15, 0.2) is 12.2 Å². The quantitative estimate of drug-likeness (QED) is 0.530. The molecule has 1 fully saturated rings. The van der Waals surface area contributed by atoms with Crippen LogP contribution in [0.25, 0.3) is 0 Å². The molecule has 1 nitrogen and oxygen atoms in total. The van der Waals surface area contributed by atoms with E-state index in [2.05, 4.69) is 6.08 Å². The van der Waals surface area contributed by atoms with E-state index >= 15 is 0 Å². The molecule has 0 heterocycles. The molecular formula is C8H14O. The van der Waals surface area contributed by atoms with E-state index in [4.69, 9.17) is 0 Å². The summed E-state index contributed by atoms with van der Waals surface area (Å²) in [7, 11) is 0. The summed E-state index contributed by atoms with van der Waals surface area (Å²) in [6.07, 6.45) is 7.44. The van der Waals surface area contributed by atoms with Gasteiger partial charge in [-0.05, 0) is 19.8 Å². The summed E-state index contributed by atoms with van der Waals surface area (Å²) in [4.78, 5) is 0. The van der Waals surface area contributed by atoms with Gasteiger partial charge in [-0.2, -0.15) is 0 Å². The predicted octanol–water partition coefficient (Wildman–Crippen LogP) is 1.72. The third kappa shape index (κ3) is 1.55. The van der Waals surface area contributed by atoms with Crippen LogP contribution in [0.2, 0.25) is 0 Å². The molecule has 1 N–H and O–H groups in total. The van der Waals surface area contributed by atoms with Crippen molar-refractivity contribution >= 4 is 0 Å². The second-order valence-electron chi connectivity index (χ2n) is 2.69. The molecule has 0 spiro atoms. The Morgan fingerprint density at radius 2 is 2.22 bits per heavy atom. The van der Waals surface area contributed by atoms with Crippen LogP contribution in [-0.4, -0.2) is 11.2 Å². The summed E-state index contributed by atoms with van der Waals surface area (Å²) in [5.41, 5.74) is 0. The zero-order valence-corrected chi connectivity index (χ0v) is 5.88. The Balaban J connectivity index is 2.39. The van der Waals surface area contributed by atoms with Crippen molar-refractivity contribution in [2.75, 3.05) is 0 Å². The molecule has 1 heteroatoms. The van der Waals surface area contributed by atoms with Crippen molar-refractivity contribution in [1.29, 1.82) is 0 Å². The van der Waals surface area contributed by atoms with E-state index in [0.29, 0.717) is 5.92 Å². The van der Waals surface area contributed by atoms with Crippen molar-refractivity contribution in [3.63, 3.8) is 0 Å². The van der Waals surface area contributed by atoms with Crippen LogP contribution in [-0.2, 0) is 0 Å². The van der Waals surface area contributed by atoms with Crippen LogP contribution in [0, 0.1) is 5.92 Å². The van der Waals surface area contributed by atoms with Crippen molar-refractivity contribution in [3.05, 3.63) is 12.2 Å². The van der Waals surface area contributed by atoms with Gasteiger partial charge < -0.3 is 5.11 Å². The summed E-state index contributed by atoms with van der Waals surface area (Å²) in [6, 6.07) is 0. The lowest BCUT2D eigenvalue weighted by Crippen LogP contribution is -2.09. The third-order valence-corrected chi connectivity index (χ3v) is 1.97. The molecule has 0 saturated heterocycles. The summed E-state index contributed by atoms with van der Waals surface area (Å²) in [5, 5.41) is 9.27. The smallest absolute Gasteiger partial charge is 0.0602 e. The first-order valence-electron chi connectivity index (χ1n) is 3.65. The minimum Gasteiger partial charge on any atom is -0.393 e. The van der Waals surface area contributed by atoms with Gasteiger partial charge in [0.25, 0.3) is 0 Å². The monoisotopic (exact) mass is 126 g/mol. The number of aliphatic hydroxyl groups is 1. The molecule has 0 radical (unpaired) electrons. The van der Waals surface area contributed by atoms with E-state index in [-0.39, 0.29) is 6.10 Å². The lowest BCUT2D eigenvalue weighted by Gasteiger charge is -2.06. The van der Waals surface area contributed by atoms with Crippen LogP contribution in [0.1, 0.15) is 26.2 Å². The SMILES string of the molecule is CC=C[C@@H]1CCC[C@H]1O. The average molecular weight is 126 g/mol. The third-order valence-electron chi connectivity index (χ3n) is 1.97. The highest BCUT2D eigenvalue weighted by Crippen LogP contribution is 2.26. The number of rotatable bonds is 1. The molecule has 1 aliphatic carbocycles. The molecule has 1 saturated carbocycles. The minimum atomic E-state index is -0.0544. The second kappa shape index (κ2) is 3.02. The molecule has 1 aliphatic rings. The molecule has 0 aliphatic heterocycles. The zero-order chi connectivity index (χ0) is 6.69. The Hall–Kier alpha value is -0.300. The number of aliphatic hydroxyl groups excluding tert-OH is 1. The van der Waals surface area contributed by atoms with Gasteiger partial charge in [0.2, 0.25) is 0 Å². The molecule has 0 aromatic heterocycles. The molecule has 9 heavy (non-hydrogen) atoms. The molecule has 0 aromatic rings. The molecule has 2 atom stereocenters. The fourth-order valence-electron chi connectivity index (χ4n) is 1.44. The minimum absolute atomic E-state index is 0.0544. The highest BCUT2D eigenvalue weighted by molar-refractivity contribution is 4.93. The maximum atomic E-state index is 9.27.